The van der Waals surface area contributed by atoms with E-state index in [0.717, 1.165) is 9.94 Å². The van der Waals surface area contributed by atoms with Gasteiger partial charge in [-0.1, -0.05) is 11.2 Å². The molecule has 0 aliphatic carbocycles. The van der Waals surface area contributed by atoms with E-state index in [2.05, 4.69) is 5.18 Å². The van der Waals surface area contributed by atoms with Gasteiger partial charge in [0.15, 0.2) is 6.54 Å². The fraction of sp³-hybridized carbons (Fsp3) is 0.562. The summed E-state index contributed by atoms with van der Waals surface area (Å²) in [5.41, 5.74) is 5.22. The van der Waals surface area contributed by atoms with E-state index in [4.69, 9.17) is 5.73 Å². The number of carbonyl (C=O) groups excluding carboxylic acids is 3. The molecule has 0 fully saturated rings. The van der Waals surface area contributed by atoms with E-state index in [9.17, 15) is 24.5 Å². The van der Waals surface area contributed by atoms with E-state index < -0.39 is 24.3 Å². The maximum atomic E-state index is 12.6. The SMILES string of the molecule is CN([O-])CCCCN(CC(=O)N(CC(N)=O)Cc1cccs1)C(=O)CN=O. The molecule has 0 aliphatic heterocycles. The van der Waals surface area contributed by atoms with Crippen molar-refractivity contribution in [3.63, 3.8) is 0 Å². The van der Waals surface area contributed by atoms with Gasteiger partial charge in [0.05, 0.1) is 19.6 Å². The van der Waals surface area contributed by atoms with E-state index in [1.807, 2.05) is 17.5 Å². The van der Waals surface area contributed by atoms with Crippen molar-refractivity contribution in [1.82, 2.24) is 14.9 Å². The van der Waals surface area contributed by atoms with Crippen LogP contribution in [0.4, 0.5) is 0 Å². The van der Waals surface area contributed by atoms with E-state index in [1.165, 1.54) is 28.2 Å². The van der Waals surface area contributed by atoms with Gasteiger partial charge in [0.25, 0.3) is 0 Å². The Kier molecular flexibility index (Phi) is 10.2. The predicted octanol–water partition coefficient (Wildman–Crippen LogP) is 0.367. The Hall–Kier alpha value is -2.37. The van der Waals surface area contributed by atoms with E-state index in [0.29, 0.717) is 19.4 Å². The number of unbranched alkanes of at least 4 members (excludes halogenated alkanes) is 1. The number of nitroso groups, excluding NO2 is 1. The van der Waals surface area contributed by atoms with Crippen molar-refractivity contribution in [3.05, 3.63) is 32.5 Å². The van der Waals surface area contributed by atoms with Crippen molar-refractivity contribution in [1.29, 1.82) is 0 Å². The van der Waals surface area contributed by atoms with Gasteiger partial charge in [0, 0.05) is 11.4 Å². The molecule has 1 aromatic heterocycles. The zero-order chi connectivity index (χ0) is 20.2. The second-order valence-electron chi connectivity index (χ2n) is 5.96. The minimum absolute atomic E-state index is 0.203. The topological polar surface area (TPSA) is 139 Å². The zero-order valence-electron chi connectivity index (χ0n) is 15.2. The highest BCUT2D eigenvalue weighted by Crippen LogP contribution is 2.12. The lowest BCUT2D eigenvalue weighted by Gasteiger charge is -2.27. The molecule has 0 spiro atoms. The maximum absolute atomic E-state index is 12.6. The fourth-order valence-corrected chi connectivity index (χ4v) is 3.08. The number of nitrogens with zero attached hydrogens (tertiary/aromatic N) is 4. The van der Waals surface area contributed by atoms with E-state index in [-0.39, 0.29) is 26.2 Å². The minimum atomic E-state index is -0.661. The van der Waals surface area contributed by atoms with Gasteiger partial charge in [-0.05, 0) is 37.9 Å². The molecule has 3 amide bonds. The van der Waals surface area contributed by atoms with Gasteiger partial charge in [-0.25, -0.2) is 0 Å². The standard InChI is InChI=1S/C16H24N5O5S/c1-19(26)6-2-3-7-20(15(23)9-18-25)12-16(24)21(11-14(17)22)10-13-5-4-8-27-13/h4-5,8H,2-3,6-7,9-12H2,1H3,(H2,17,22)/q-1. The second kappa shape index (κ2) is 12.1. The van der Waals surface area contributed by atoms with Crippen LogP contribution in [0.2, 0.25) is 0 Å². The zero-order valence-corrected chi connectivity index (χ0v) is 16.0. The molecule has 0 saturated heterocycles. The van der Waals surface area contributed by atoms with Gasteiger partial charge < -0.3 is 25.8 Å². The second-order valence-corrected chi connectivity index (χ2v) is 6.99. The first-order valence-corrected chi connectivity index (χ1v) is 9.25. The number of hydrogen-bond acceptors (Lipinski definition) is 8. The number of nitrogens with two attached hydrogens (primary N) is 1. The van der Waals surface area contributed by atoms with Crippen LogP contribution in [0.25, 0.3) is 0 Å². The van der Waals surface area contributed by atoms with Crippen LogP contribution in [0.5, 0.6) is 0 Å². The summed E-state index contributed by atoms with van der Waals surface area (Å²) < 4.78 is 0. The smallest absolute Gasteiger partial charge is 0.248 e. The Morgan fingerprint density at radius 2 is 1.85 bits per heavy atom. The lowest BCUT2D eigenvalue weighted by atomic mass is 10.2. The molecule has 0 aromatic carbocycles. The van der Waals surface area contributed by atoms with Gasteiger partial charge in [-0.3, -0.25) is 14.4 Å². The summed E-state index contributed by atoms with van der Waals surface area (Å²) in [5, 5.41) is 16.1. The molecule has 2 N–H and O–H groups in total. The predicted molar refractivity (Wildman–Crippen MR) is 101 cm³/mol. The highest BCUT2D eigenvalue weighted by molar-refractivity contribution is 7.09. The summed E-state index contributed by atoms with van der Waals surface area (Å²) in [6, 6.07) is 3.65. The Morgan fingerprint density at radius 1 is 1.15 bits per heavy atom. The third-order valence-corrected chi connectivity index (χ3v) is 4.52. The molecule has 10 nitrogen and oxygen atoms in total. The molecular weight excluding hydrogens is 374 g/mol. The van der Waals surface area contributed by atoms with Gasteiger partial charge >= 0.3 is 0 Å². The van der Waals surface area contributed by atoms with Gasteiger partial charge in [0.2, 0.25) is 17.7 Å². The molecule has 0 bridgehead atoms. The summed E-state index contributed by atoms with van der Waals surface area (Å²) in [4.78, 5) is 49.8. The third-order valence-electron chi connectivity index (χ3n) is 3.66. The Bertz CT molecular complexity index is 623. The van der Waals surface area contributed by atoms with Crippen LogP contribution >= 0.6 is 11.3 Å². The number of carbonyl (C=O) groups is 3. The minimum Gasteiger partial charge on any atom is -0.785 e. The molecule has 1 aromatic rings. The lowest BCUT2D eigenvalue weighted by Crippen LogP contribution is -2.46. The van der Waals surface area contributed by atoms with Crippen molar-refractivity contribution < 1.29 is 14.4 Å². The van der Waals surface area contributed by atoms with Crippen molar-refractivity contribution in [2.45, 2.75) is 19.4 Å². The van der Waals surface area contributed by atoms with E-state index in [1.54, 1.807) is 0 Å². The monoisotopic (exact) mass is 398 g/mol. The van der Waals surface area contributed by atoms with Crippen LogP contribution < -0.4 is 5.73 Å². The molecule has 150 valence electrons. The number of rotatable bonds is 13. The van der Waals surface area contributed by atoms with Crippen LogP contribution in [0.3, 0.4) is 0 Å². The fourth-order valence-electron chi connectivity index (χ4n) is 2.36. The lowest BCUT2D eigenvalue weighted by molar-refractivity contribution is -0.141. The average Bonchev–Trinajstić information content (AvgIpc) is 3.09. The van der Waals surface area contributed by atoms with Crippen LogP contribution in [-0.2, 0) is 20.9 Å². The van der Waals surface area contributed by atoms with Gasteiger partial charge in [-0.15, -0.1) is 11.3 Å². The number of amides is 3. The first-order chi connectivity index (χ1) is 12.8. The largest absolute Gasteiger partial charge is 0.785 e. The summed E-state index contributed by atoms with van der Waals surface area (Å²) in [5.74, 6) is -1.70. The third kappa shape index (κ3) is 9.22. The molecule has 0 aliphatic rings. The van der Waals surface area contributed by atoms with Crippen molar-refractivity contribution >= 4 is 29.1 Å². The Morgan fingerprint density at radius 3 is 2.41 bits per heavy atom. The summed E-state index contributed by atoms with van der Waals surface area (Å²) in [7, 11) is 1.40. The Balaban J connectivity index is 2.74. The normalized spacial score (nSPS) is 10.6. The number of hydroxylamine groups is 2. The molecule has 11 heteroatoms. The highest BCUT2D eigenvalue weighted by Gasteiger charge is 2.22. The first kappa shape index (κ1) is 22.7. The van der Waals surface area contributed by atoms with Gasteiger partial charge in [-0.2, -0.15) is 4.91 Å². The van der Waals surface area contributed by atoms with Crippen LogP contribution in [0, 0.1) is 10.1 Å². The van der Waals surface area contributed by atoms with E-state index >= 15 is 0 Å². The molecule has 0 saturated carbocycles. The summed E-state index contributed by atoms with van der Waals surface area (Å²) >= 11 is 1.43. The number of primary amides is 1. The maximum Gasteiger partial charge on any atom is 0.248 e. The van der Waals surface area contributed by atoms with Crippen LogP contribution in [0.1, 0.15) is 17.7 Å². The first-order valence-electron chi connectivity index (χ1n) is 8.37. The van der Waals surface area contributed by atoms with Crippen molar-refractivity contribution in [3.8, 4) is 0 Å². The van der Waals surface area contributed by atoms with Crippen LogP contribution in [-0.4, -0.2) is 72.4 Å². The quantitative estimate of drug-likeness (QED) is 0.289. The molecule has 0 unspecified atom stereocenters. The summed E-state index contributed by atoms with van der Waals surface area (Å²) in [6.45, 7) is -0.429. The molecule has 27 heavy (non-hydrogen) atoms. The van der Waals surface area contributed by atoms with Crippen molar-refractivity contribution in [2.75, 3.05) is 39.8 Å². The molecule has 0 radical (unpaired) electrons. The molecular formula is C16H24N5O5S-. The number of hydrogen-bond donors (Lipinski definition) is 1. The molecule has 1 heterocycles. The highest BCUT2D eigenvalue weighted by atomic mass is 32.1. The molecule has 0 atom stereocenters. The molecule has 1 rings (SSSR count). The average molecular weight is 398 g/mol. The summed E-state index contributed by atoms with van der Waals surface area (Å²) in [6.07, 6.45) is 1.03. The van der Waals surface area contributed by atoms with Crippen molar-refractivity contribution in [2.24, 2.45) is 10.9 Å². The number of thiophene rings is 1. The Labute approximate surface area is 161 Å². The van der Waals surface area contributed by atoms with Crippen LogP contribution in [0.15, 0.2) is 22.7 Å². The van der Waals surface area contributed by atoms with Gasteiger partial charge in [0.1, 0.15) is 0 Å².